The van der Waals surface area contributed by atoms with Crippen molar-refractivity contribution in [3.05, 3.63) is 17.9 Å². The third-order valence-electron chi connectivity index (χ3n) is 5.69. The third kappa shape index (κ3) is 2.37. The lowest BCUT2D eigenvalue weighted by atomic mass is 9.45. The Balaban J connectivity index is 1.69. The summed E-state index contributed by atoms with van der Waals surface area (Å²) in [5, 5.41) is -0.208. The van der Waals surface area contributed by atoms with E-state index in [2.05, 4.69) is 20.8 Å². The van der Waals surface area contributed by atoms with Gasteiger partial charge in [-0.05, 0) is 48.1 Å². The smallest absolute Gasteiger partial charge is 0.374 e. The molecule has 0 aromatic carbocycles. The molecule has 0 unspecified atom stereocenters. The highest BCUT2D eigenvalue weighted by Gasteiger charge is 2.57. The summed E-state index contributed by atoms with van der Waals surface area (Å²) in [5.74, 6) is 0.854. The van der Waals surface area contributed by atoms with Crippen LogP contribution in [0.15, 0.2) is 21.6 Å². The van der Waals surface area contributed by atoms with Gasteiger partial charge in [-0.3, -0.25) is 0 Å². The summed E-state index contributed by atoms with van der Waals surface area (Å²) in [5.41, 5.74) is 0.330. The van der Waals surface area contributed by atoms with Crippen LogP contribution in [-0.2, 0) is 14.6 Å². The van der Waals surface area contributed by atoms with Crippen LogP contribution in [0.3, 0.4) is 0 Å². The minimum Gasteiger partial charge on any atom is -0.456 e. The summed E-state index contributed by atoms with van der Waals surface area (Å²) >= 11 is 0. The fraction of sp³-hybridized carbons (Fsp3) is 0.688. The van der Waals surface area contributed by atoms with Crippen LogP contribution in [0.25, 0.3) is 0 Å². The van der Waals surface area contributed by atoms with E-state index in [1.807, 2.05) is 0 Å². The van der Waals surface area contributed by atoms with Gasteiger partial charge in [0.15, 0.2) is 0 Å². The van der Waals surface area contributed by atoms with E-state index < -0.39 is 15.8 Å². The number of hydrogen-bond donors (Lipinski definition) is 0. The first-order valence-corrected chi connectivity index (χ1v) is 9.50. The van der Waals surface area contributed by atoms with Crippen molar-refractivity contribution in [2.75, 3.05) is 6.26 Å². The van der Waals surface area contributed by atoms with Crippen LogP contribution in [0.5, 0.6) is 0 Å². The molecule has 3 aliphatic carbocycles. The zero-order valence-electron chi connectivity index (χ0n) is 13.3. The van der Waals surface area contributed by atoms with Crippen molar-refractivity contribution < 1.29 is 22.4 Å². The van der Waals surface area contributed by atoms with Gasteiger partial charge in [-0.1, -0.05) is 20.8 Å². The lowest BCUT2D eigenvalue weighted by molar-refractivity contribution is -0.157. The molecule has 0 N–H and O–H groups in total. The van der Waals surface area contributed by atoms with Crippen LogP contribution in [0, 0.1) is 23.2 Å². The van der Waals surface area contributed by atoms with Gasteiger partial charge in [-0.2, -0.15) is 0 Å². The van der Waals surface area contributed by atoms with Crippen molar-refractivity contribution in [1.29, 1.82) is 0 Å². The first kappa shape index (κ1) is 15.6. The van der Waals surface area contributed by atoms with Gasteiger partial charge in [0.25, 0.3) is 0 Å². The van der Waals surface area contributed by atoms with Gasteiger partial charge in [0.05, 0.1) is 0 Å². The summed E-state index contributed by atoms with van der Waals surface area (Å²) in [7, 11) is -3.45. The molecule has 0 saturated heterocycles. The Hall–Kier alpha value is -1.30. The standard InChI is InChI=1S/C16H22O5S/c1-9-11-7-10(16(11,2)3)8-13(9)21-15(17)12-5-6-14(20-12)22(4,18)19/h5-6,9-11,13H,7-8H2,1-4H3/t9-,10+,11+,13-/m0/s1. The number of fused-ring (bicyclic) bond motifs is 2. The molecular weight excluding hydrogens is 304 g/mol. The van der Waals surface area contributed by atoms with Gasteiger partial charge >= 0.3 is 5.97 Å². The fourth-order valence-electron chi connectivity index (χ4n) is 4.08. The third-order valence-corrected chi connectivity index (χ3v) is 6.64. The highest BCUT2D eigenvalue weighted by molar-refractivity contribution is 7.90. The summed E-state index contributed by atoms with van der Waals surface area (Å²) < 4.78 is 33.5. The molecular formula is C16H22O5S. The molecule has 3 fully saturated rings. The summed E-state index contributed by atoms with van der Waals surface area (Å²) in [4.78, 5) is 12.2. The van der Waals surface area contributed by atoms with E-state index in [1.54, 1.807) is 0 Å². The Morgan fingerprint density at radius 3 is 2.50 bits per heavy atom. The van der Waals surface area contributed by atoms with E-state index in [-0.39, 0.29) is 17.0 Å². The predicted molar refractivity (Wildman–Crippen MR) is 80.2 cm³/mol. The van der Waals surface area contributed by atoms with Crippen molar-refractivity contribution in [2.45, 2.75) is 44.8 Å². The monoisotopic (exact) mass is 326 g/mol. The molecule has 22 heavy (non-hydrogen) atoms. The van der Waals surface area contributed by atoms with Crippen LogP contribution >= 0.6 is 0 Å². The van der Waals surface area contributed by atoms with Gasteiger partial charge in [-0.25, -0.2) is 13.2 Å². The molecule has 122 valence electrons. The van der Waals surface area contributed by atoms with Gasteiger partial charge in [0.1, 0.15) is 6.10 Å². The number of carbonyl (C=O) groups excluding carboxylic acids is 1. The van der Waals surface area contributed by atoms with Crippen LogP contribution in [-0.4, -0.2) is 26.7 Å². The fourth-order valence-corrected chi connectivity index (χ4v) is 4.64. The van der Waals surface area contributed by atoms with Crippen molar-refractivity contribution in [1.82, 2.24) is 0 Å². The minimum absolute atomic E-state index is 0.0499. The van der Waals surface area contributed by atoms with Crippen molar-refractivity contribution in [2.24, 2.45) is 23.2 Å². The highest BCUT2D eigenvalue weighted by atomic mass is 32.2. The predicted octanol–water partition coefficient (Wildman–Crippen LogP) is 2.91. The Labute approximate surface area is 130 Å². The van der Waals surface area contributed by atoms with E-state index in [1.165, 1.54) is 18.6 Å². The average molecular weight is 326 g/mol. The average Bonchev–Trinajstić information content (AvgIpc) is 2.90. The molecule has 4 atom stereocenters. The molecule has 1 aromatic rings. The number of carbonyl (C=O) groups is 1. The molecule has 0 amide bonds. The number of sulfone groups is 1. The quantitative estimate of drug-likeness (QED) is 0.799. The zero-order valence-corrected chi connectivity index (χ0v) is 14.1. The van der Waals surface area contributed by atoms with Crippen LogP contribution in [0.4, 0.5) is 0 Å². The second-order valence-electron chi connectivity index (χ2n) is 7.29. The first-order chi connectivity index (χ1) is 10.1. The topological polar surface area (TPSA) is 73.6 Å². The van der Waals surface area contributed by atoms with E-state index in [9.17, 15) is 13.2 Å². The Bertz CT molecular complexity index is 700. The largest absolute Gasteiger partial charge is 0.456 e. The molecule has 0 aliphatic heterocycles. The summed E-state index contributed by atoms with van der Waals surface area (Å²) in [6.07, 6.45) is 3.01. The lowest BCUT2D eigenvalue weighted by Crippen LogP contribution is -2.57. The summed E-state index contributed by atoms with van der Waals surface area (Å²) in [6, 6.07) is 2.65. The second kappa shape index (κ2) is 4.85. The molecule has 3 aliphatic rings. The Morgan fingerprint density at radius 2 is 2.00 bits per heavy atom. The van der Waals surface area contributed by atoms with Crippen LogP contribution < -0.4 is 0 Å². The van der Waals surface area contributed by atoms with Gasteiger partial charge in [-0.15, -0.1) is 0 Å². The zero-order chi connectivity index (χ0) is 16.3. The van der Waals surface area contributed by atoms with Crippen LogP contribution in [0.2, 0.25) is 0 Å². The van der Waals surface area contributed by atoms with Crippen LogP contribution in [0.1, 0.15) is 44.2 Å². The molecule has 1 heterocycles. The maximum Gasteiger partial charge on any atom is 0.374 e. The number of rotatable bonds is 3. The molecule has 4 rings (SSSR count). The van der Waals surface area contributed by atoms with E-state index in [4.69, 9.17) is 9.15 Å². The summed E-state index contributed by atoms with van der Waals surface area (Å²) in [6.45, 7) is 6.69. The van der Waals surface area contributed by atoms with Gasteiger partial charge in [0.2, 0.25) is 20.7 Å². The van der Waals surface area contributed by atoms with Crippen molar-refractivity contribution in [3.63, 3.8) is 0 Å². The van der Waals surface area contributed by atoms with E-state index in [0.29, 0.717) is 23.2 Å². The van der Waals surface area contributed by atoms with E-state index >= 15 is 0 Å². The SMILES string of the molecule is C[C@@H]1[C@@H](OC(=O)c2ccc(S(C)(=O)=O)o2)C[C@H]2C[C@H]1C2(C)C. The Kier molecular flexibility index (Phi) is 3.43. The minimum atomic E-state index is -3.45. The van der Waals surface area contributed by atoms with Crippen molar-refractivity contribution in [3.8, 4) is 0 Å². The maximum atomic E-state index is 12.2. The maximum absolute atomic E-state index is 12.2. The first-order valence-electron chi connectivity index (χ1n) is 7.61. The van der Waals surface area contributed by atoms with Gasteiger partial charge in [0, 0.05) is 6.26 Å². The van der Waals surface area contributed by atoms with Crippen molar-refractivity contribution >= 4 is 15.8 Å². The Morgan fingerprint density at radius 1 is 1.32 bits per heavy atom. The molecule has 0 spiro atoms. The normalized spacial score (nSPS) is 33.1. The molecule has 3 saturated carbocycles. The number of hydrogen-bond acceptors (Lipinski definition) is 5. The number of ether oxygens (including phenoxy) is 1. The second-order valence-corrected chi connectivity index (χ2v) is 9.24. The lowest BCUT2D eigenvalue weighted by Gasteiger charge is -2.61. The molecule has 5 nitrogen and oxygen atoms in total. The number of esters is 1. The van der Waals surface area contributed by atoms with E-state index in [0.717, 1.165) is 12.7 Å². The molecule has 6 heteroatoms. The molecule has 0 radical (unpaired) electrons. The molecule has 2 bridgehead atoms. The van der Waals surface area contributed by atoms with Gasteiger partial charge < -0.3 is 9.15 Å². The molecule has 1 aromatic heterocycles. The number of furan rings is 1. The highest BCUT2D eigenvalue weighted by Crippen LogP contribution is 2.61.